The van der Waals surface area contributed by atoms with Gasteiger partial charge in [0, 0.05) is 30.5 Å². The SMILES string of the molecule is O=C(NCCCn1ccc2ccccc21)Nc1ccc(F)cc1. The zero-order valence-corrected chi connectivity index (χ0v) is 12.6. The van der Waals surface area contributed by atoms with Crippen molar-refractivity contribution in [3.05, 3.63) is 66.6 Å². The van der Waals surface area contributed by atoms with Gasteiger partial charge in [-0.25, -0.2) is 9.18 Å². The molecule has 4 nitrogen and oxygen atoms in total. The molecular formula is C18H18FN3O. The molecule has 0 unspecified atom stereocenters. The largest absolute Gasteiger partial charge is 0.347 e. The van der Waals surface area contributed by atoms with Gasteiger partial charge in [0.25, 0.3) is 0 Å². The lowest BCUT2D eigenvalue weighted by Crippen LogP contribution is -2.30. The Labute approximate surface area is 133 Å². The van der Waals surface area contributed by atoms with E-state index in [0.29, 0.717) is 12.2 Å². The summed E-state index contributed by atoms with van der Waals surface area (Å²) >= 11 is 0. The molecule has 3 rings (SSSR count). The van der Waals surface area contributed by atoms with Gasteiger partial charge in [-0.05, 0) is 48.2 Å². The fourth-order valence-electron chi connectivity index (χ4n) is 2.50. The summed E-state index contributed by atoms with van der Waals surface area (Å²) in [6, 6.07) is 15.7. The van der Waals surface area contributed by atoms with E-state index in [1.165, 1.54) is 35.2 Å². The third kappa shape index (κ3) is 3.88. The number of anilines is 1. The molecule has 0 bridgehead atoms. The van der Waals surface area contributed by atoms with Gasteiger partial charge >= 0.3 is 6.03 Å². The molecule has 0 fully saturated rings. The number of benzene rings is 2. The first kappa shape index (κ1) is 15.1. The highest BCUT2D eigenvalue weighted by molar-refractivity contribution is 5.89. The summed E-state index contributed by atoms with van der Waals surface area (Å²) in [6.45, 7) is 1.41. The molecule has 0 aliphatic heterocycles. The van der Waals surface area contributed by atoms with Crippen LogP contribution in [-0.2, 0) is 6.54 Å². The van der Waals surface area contributed by atoms with Crippen molar-refractivity contribution in [1.29, 1.82) is 0 Å². The minimum absolute atomic E-state index is 0.283. The first-order chi connectivity index (χ1) is 11.2. The molecule has 2 N–H and O–H groups in total. The van der Waals surface area contributed by atoms with Crippen LogP contribution in [0.5, 0.6) is 0 Å². The Bertz CT molecular complexity index is 795. The molecule has 23 heavy (non-hydrogen) atoms. The second kappa shape index (κ2) is 6.96. The van der Waals surface area contributed by atoms with Crippen LogP contribution >= 0.6 is 0 Å². The number of aryl methyl sites for hydroxylation is 1. The Morgan fingerprint density at radius 2 is 1.83 bits per heavy atom. The van der Waals surface area contributed by atoms with Gasteiger partial charge in [0.1, 0.15) is 5.82 Å². The van der Waals surface area contributed by atoms with Gasteiger partial charge in [0.05, 0.1) is 0 Å². The lowest BCUT2D eigenvalue weighted by atomic mass is 10.2. The maximum absolute atomic E-state index is 12.8. The molecule has 0 spiro atoms. The van der Waals surface area contributed by atoms with Gasteiger partial charge in [-0.3, -0.25) is 0 Å². The standard InChI is InChI=1S/C18H18FN3O/c19-15-6-8-16(9-7-15)21-18(23)20-11-3-12-22-13-10-14-4-1-2-5-17(14)22/h1-2,4-10,13H,3,11-12H2,(H2,20,21,23). The lowest BCUT2D eigenvalue weighted by molar-refractivity contribution is 0.252. The van der Waals surface area contributed by atoms with E-state index in [1.54, 1.807) is 0 Å². The molecule has 0 saturated carbocycles. The van der Waals surface area contributed by atoms with Crippen molar-refractivity contribution in [2.45, 2.75) is 13.0 Å². The summed E-state index contributed by atoms with van der Waals surface area (Å²) in [4.78, 5) is 11.7. The Morgan fingerprint density at radius 3 is 2.65 bits per heavy atom. The quantitative estimate of drug-likeness (QED) is 0.688. The minimum atomic E-state index is -0.324. The van der Waals surface area contributed by atoms with Crippen molar-refractivity contribution >= 4 is 22.6 Å². The van der Waals surface area contributed by atoms with Gasteiger partial charge in [-0.2, -0.15) is 0 Å². The first-order valence-corrected chi connectivity index (χ1v) is 7.57. The highest BCUT2D eigenvalue weighted by Crippen LogP contribution is 2.15. The van der Waals surface area contributed by atoms with Crippen LogP contribution in [0.2, 0.25) is 0 Å². The van der Waals surface area contributed by atoms with Crippen molar-refractivity contribution < 1.29 is 9.18 Å². The molecule has 5 heteroatoms. The molecule has 1 aromatic heterocycles. The number of amides is 2. The zero-order valence-electron chi connectivity index (χ0n) is 12.6. The number of para-hydroxylation sites is 1. The van der Waals surface area contributed by atoms with Gasteiger partial charge in [-0.1, -0.05) is 18.2 Å². The number of rotatable bonds is 5. The van der Waals surface area contributed by atoms with Gasteiger partial charge in [-0.15, -0.1) is 0 Å². The van der Waals surface area contributed by atoms with E-state index in [4.69, 9.17) is 0 Å². The van der Waals surface area contributed by atoms with Crippen LogP contribution in [0, 0.1) is 5.82 Å². The highest BCUT2D eigenvalue weighted by Gasteiger charge is 2.02. The second-order valence-electron chi connectivity index (χ2n) is 5.31. The molecule has 1 heterocycles. The normalized spacial score (nSPS) is 10.7. The number of halogens is 1. The average molecular weight is 311 g/mol. The average Bonchev–Trinajstić information content (AvgIpc) is 2.97. The number of fused-ring (bicyclic) bond motifs is 1. The maximum Gasteiger partial charge on any atom is 0.319 e. The number of carbonyl (C=O) groups excluding carboxylic acids is 1. The number of nitrogens with zero attached hydrogens (tertiary/aromatic N) is 1. The van der Waals surface area contributed by atoms with Gasteiger partial charge in [0.2, 0.25) is 0 Å². The van der Waals surface area contributed by atoms with Crippen LogP contribution in [0.25, 0.3) is 10.9 Å². The molecule has 0 atom stereocenters. The summed E-state index contributed by atoms with van der Waals surface area (Å²) < 4.78 is 15.0. The maximum atomic E-state index is 12.8. The molecule has 0 aliphatic carbocycles. The van der Waals surface area contributed by atoms with Crippen molar-refractivity contribution in [3.8, 4) is 0 Å². The minimum Gasteiger partial charge on any atom is -0.347 e. The number of nitrogens with one attached hydrogen (secondary N) is 2. The smallest absolute Gasteiger partial charge is 0.319 e. The number of carbonyl (C=O) groups is 1. The molecule has 0 aliphatic rings. The van der Waals surface area contributed by atoms with Crippen molar-refractivity contribution in [3.63, 3.8) is 0 Å². The van der Waals surface area contributed by atoms with Crippen LogP contribution in [0.3, 0.4) is 0 Å². The fraction of sp³-hybridized carbons (Fsp3) is 0.167. The molecule has 0 radical (unpaired) electrons. The van der Waals surface area contributed by atoms with Crippen LogP contribution in [0.15, 0.2) is 60.8 Å². The van der Waals surface area contributed by atoms with Crippen molar-refractivity contribution in [1.82, 2.24) is 9.88 Å². The Hall–Kier alpha value is -2.82. The van der Waals surface area contributed by atoms with E-state index in [-0.39, 0.29) is 11.8 Å². The molecular weight excluding hydrogens is 293 g/mol. The fourth-order valence-corrected chi connectivity index (χ4v) is 2.50. The molecule has 2 aromatic carbocycles. The highest BCUT2D eigenvalue weighted by atomic mass is 19.1. The first-order valence-electron chi connectivity index (χ1n) is 7.57. The molecule has 118 valence electrons. The summed E-state index contributed by atoms with van der Waals surface area (Å²) in [6.07, 6.45) is 2.89. The molecule has 3 aromatic rings. The third-order valence-electron chi connectivity index (χ3n) is 3.64. The third-order valence-corrected chi connectivity index (χ3v) is 3.64. The summed E-state index contributed by atoms with van der Waals surface area (Å²) in [7, 11) is 0. The predicted molar refractivity (Wildman–Crippen MR) is 90.0 cm³/mol. The number of hydrogen-bond donors (Lipinski definition) is 2. The van der Waals surface area contributed by atoms with E-state index < -0.39 is 0 Å². The van der Waals surface area contributed by atoms with Crippen LogP contribution in [-0.4, -0.2) is 17.1 Å². The Balaban J connectivity index is 1.44. The molecule has 0 saturated heterocycles. The predicted octanol–water partition coefficient (Wildman–Crippen LogP) is 3.99. The zero-order chi connectivity index (χ0) is 16.1. The van der Waals surface area contributed by atoms with E-state index in [2.05, 4.69) is 39.6 Å². The van der Waals surface area contributed by atoms with E-state index in [0.717, 1.165) is 13.0 Å². The Morgan fingerprint density at radius 1 is 1.04 bits per heavy atom. The molecule has 2 amide bonds. The number of urea groups is 1. The monoisotopic (exact) mass is 311 g/mol. The van der Waals surface area contributed by atoms with Crippen molar-refractivity contribution in [2.75, 3.05) is 11.9 Å². The second-order valence-corrected chi connectivity index (χ2v) is 5.31. The number of aromatic nitrogens is 1. The number of hydrogen-bond acceptors (Lipinski definition) is 1. The van der Waals surface area contributed by atoms with Gasteiger partial charge < -0.3 is 15.2 Å². The Kier molecular flexibility index (Phi) is 4.57. The summed E-state index contributed by atoms with van der Waals surface area (Å²) in [5, 5.41) is 6.69. The lowest BCUT2D eigenvalue weighted by Gasteiger charge is -2.09. The van der Waals surface area contributed by atoms with Crippen molar-refractivity contribution in [2.24, 2.45) is 0 Å². The topological polar surface area (TPSA) is 46.1 Å². The van der Waals surface area contributed by atoms with E-state index in [9.17, 15) is 9.18 Å². The van der Waals surface area contributed by atoms with E-state index in [1.807, 2.05) is 12.1 Å². The van der Waals surface area contributed by atoms with Gasteiger partial charge in [0.15, 0.2) is 0 Å². The van der Waals surface area contributed by atoms with E-state index >= 15 is 0 Å². The van der Waals surface area contributed by atoms with Crippen LogP contribution < -0.4 is 10.6 Å². The van der Waals surface area contributed by atoms with Crippen LogP contribution in [0.4, 0.5) is 14.9 Å². The van der Waals surface area contributed by atoms with Crippen LogP contribution in [0.1, 0.15) is 6.42 Å². The summed E-state index contributed by atoms with van der Waals surface area (Å²) in [5.74, 6) is -0.324. The summed E-state index contributed by atoms with van der Waals surface area (Å²) in [5.41, 5.74) is 1.77.